The van der Waals surface area contributed by atoms with Gasteiger partial charge in [0, 0.05) is 0 Å². The summed E-state index contributed by atoms with van der Waals surface area (Å²) >= 11 is 0. The highest BCUT2D eigenvalue weighted by Gasteiger charge is 2.19. The van der Waals surface area contributed by atoms with Gasteiger partial charge in [-0.15, -0.1) is 0 Å². The van der Waals surface area contributed by atoms with E-state index in [0.717, 1.165) is 4.90 Å². The predicted octanol–water partition coefficient (Wildman–Crippen LogP) is -0.542. The number of carbonyl (C=O) groups is 3. The normalized spacial score (nSPS) is 9.56. The lowest BCUT2D eigenvalue weighted by atomic mass is 10.3. The fraction of sp³-hybridized carbons (Fsp3) is 0.182. The number of hydrogen-bond donors (Lipinski definition) is 2. The van der Waals surface area contributed by atoms with Crippen LogP contribution in [0.4, 0.5) is 4.79 Å². The molecule has 0 bridgehead atoms. The maximum absolute atomic E-state index is 11.7. The number of rotatable bonds is 5. The maximum Gasteiger partial charge on any atom is 0.416 e. The van der Waals surface area contributed by atoms with Crippen LogP contribution in [0.15, 0.2) is 30.3 Å². The zero-order valence-corrected chi connectivity index (χ0v) is 9.54. The van der Waals surface area contributed by atoms with Crippen LogP contribution in [0.5, 0.6) is 5.75 Å². The summed E-state index contributed by atoms with van der Waals surface area (Å²) in [5, 5.41) is 0. The van der Waals surface area contributed by atoms with Crippen LogP contribution in [0.25, 0.3) is 0 Å². The molecule has 0 aliphatic heterocycles. The van der Waals surface area contributed by atoms with Gasteiger partial charge in [-0.1, -0.05) is 18.2 Å². The van der Waals surface area contributed by atoms with Gasteiger partial charge in [-0.2, -0.15) is 0 Å². The second kappa shape index (κ2) is 6.24. The summed E-state index contributed by atoms with van der Waals surface area (Å²) in [5.41, 5.74) is 9.92. The van der Waals surface area contributed by atoms with Crippen molar-refractivity contribution in [2.45, 2.75) is 0 Å². The molecule has 0 radical (unpaired) electrons. The lowest BCUT2D eigenvalue weighted by Gasteiger charge is -2.18. The molecule has 0 unspecified atom stereocenters. The second-order valence-electron chi connectivity index (χ2n) is 3.47. The molecule has 4 N–H and O–H groups in total. The van der Waals surface area contributed by atoms with E-state index in [1.54, 1.807) is 30.3 Å². The number of nitrogens with two attached hydrogens (primary N) is 2. The van der Waals surface area contributed by atoms with Gasteiger partial charge in [0.15, 0.2) is 0 Å². The van der Waals surface area contributed by atoms with Crippen molar-refractivity contribution in [3.8, 4) is 5.75 Å². The van der Waals surface area contributed by atoms with Crippen molar-refractivity contribution in [2.75, 3.05) is 13.1 Å². The summed E-state index contributed by atoms with van der Waals surface area (Å²) < 4.78 is 4.95. The molecule has 0 atom stereocenters. The summed E-state index contributed by atoms with van der Waals surface area (Å²) in [5.74, 6) is -1.23. The molecule has 0 fully saturated rings. The Labute approximate surface area is 103 Å². The summed E-state index contributed by atoms with van der Waals surface area (Å²) in [6.45, 7) is -0.872. The maximum atomic E-state index is 11.7. The van der Waals surface area contributed by atoms with E-state index in [4.69, 9.17) is 16.2 Å². The molecule has 7 nitrogen and oxygen atoms in total. The van der Waals surface area contributed by atoms with E-state index in [0.29, 0.717) is 5.75 Å². The lowest BCUT2D eigenvalue weighted by molar-refractivity contribution is -0.121. The molecule has 3 amide bonds. The van der Waals surface area contributed by atoms with Gasteiger partial charge in [0.25, 0.3) is 0 Å². The molecule has 0 heterocycles. The van der Waals surface area contributed by atoms with Crippen molar-refractivity contribution in [2.24, 2.45) is 11.5 Å². The van der Waals surface area contributed by atoms with E-state index in [9.17, 15) is 14.4 Å². The molecule has 96 valence electrons. The number of ether oxygens (including phenoxy) is 1. The van der Waals surface area contributed by atoms with Gasteiger partial charge in [0.05, 0.1) is 0 Å². The number of primary amides is 2. The first-order valence-electron chi connectivity index (χ1n) is 5.07. The fourth-order valence-corrected chi connectivity index (χ4v) is 1.22. The molecule has 1 aromatic rings. The first kappa shape index (κ1) is 13.5. The van der Waals surface area contributed by atoms with Crippen LogP contribution >= 0.6 is 0 Å². The van der Waals surface area contributed by atoms with Gasteiger partial charge in [-0.25, -0.2) is 4.79 Å². The molecular weight excluding hydrogens is 238 g/mol. The van der Waals surface area contributed by atoms with Crippen LogP contribution in [-0.4, -0.2) is 35.9 Å². The van der Waals surface area contributed by atoms with Gasteiger partial charge in [0.1, 0.15) is 18.8 Å². The van der Waals surface area contributed by atoms with E-state index in [2.05, 4.69) is 0 Å². The van der Waals surface area contributed by atoms with Crippen molar-refractivity contribution in [3.63, 3.8) is 0 Å². The van der Waals surface area contributed by atoms with Crippen molar-refractivity contribution in [3.05, 3.63) is 30.3 Å². The van der Waals surface area contributed by atoms with Gasteiger partial charge in [-0.3, -0.25) is 14.5 Å². The largest absolute Gasteiger partial charge is 0.416 e. The average Bonchev–Trinajstić information content (AvgIpc) is 2.28. The van der Waals surface area contributed by atoms with Crippen LogP contribution in [0.1, 0.15) is 0 Å². The quantitative estimate of drug-likeness (QED) is 0.730. The third-order valence-electron chi connectivity index (χ3n) is 1.90. The Morgan fingerprint density at radius 1 is 1.00 bits per heavy atom. The minimum Gasteiger partial charge on any atom is -0.410 e. The van der Waals surface area contributed by atoms with Crippen molar-refractivity contribution >= 4 is 17.9 Å². The van der Waals surface area contributed by atoms with Crippen molar-refractivity contribution < 1.29 is 19.1 Å². The third kappa shape index (κ3) is 4.52. The number of benzene rings is 1. The number of hydrogen-bond acceptors (Lipinski definition) is 4. The molecule has 0 aliphatic rings. The van der Waals surface area contributed by atoms with Crippen molar-refractivity contribution in [1.82, 2.24) is 4.90 Å². The average molecular weight is 251 g/mol. The van der Waals surface area contributed by atoms with Crippen LogP contribution in [-0.2, 0) is 9.59 Å². The minimum absolute atomic E-state index is 0.293. The van der Waals surface area contributed by atoms with Crippen LogP contribution in [0.3, 0.4) is 0 Å². The number of nitrogens with zero attached hydrogens (tertiary/aromatic N) is 1. The standard InChI is InChI=1S/C11H13N3O4/c12-9(15)6-14(7-10(13)16)11(17)18-8-4-2-1-3-5-8/h1-5H,6-7H2,(H2,12,15)(H2,13,16). The zero-order valence-electron chi connectivity index (χ0n) is 9.54. The van der Waals surface area contributed by atoms with Crippen LogP contribution in [0, 0.1) is 0 Å². The second-order valence-corrected chi connectivity index (χ2v) is 3.47. The van der Waals surface area contributed by atoms with Gasteiger partial charge in [0.2, 0.25) is 11.8 Å². The topological polar surface area (TPSA) is 116 Å². The number of carbonyl (C=O) groups excluding carboxylic acids is 3. The summed E-state index contributed by atoms with van der Waals surface area (Å²) in [4.78, 5) is 34.0. The van der Waals surface area contributed by atoms with E-state index in [1.807, 2.05) is 0 Å². The Morgan fingerprint density at radius 2 is 1.50 bits per heavy atom. The van der Waals surface area contributed by atoms with Crippen LogP contribution < -0.4 is 16.2 Å². The highest BCUT2D eigenvalue weighted by molar-refractivity contribution is 5.86. The highest BCUT2D eigenvalue weighted by atomic mass is 16.6. The molecule has 0 saturated heterocycles. The first-order chi connectivity index (χ1) is 8.49. The van der Waals surface area contributed by atoms with E-state index >= 15 is 0 Å². The Bertz CT molecular complexity index is 431. The van der Waals surface area contributed by atoms with Gasteiger partial charge < -0.3 is 16.2 Å². The Kier molecular flexibility index (Phi) is 4.67. The Balaban J connectivity index is 2.69. The van der Waals surface area contributed by atoms with Crippen LogP contribution in [0.2, 0.25) is 0 Å². The molecule has 1 aromatic carbocycles. The molecule has 18 heavy (non-hydrogen) atoms. The van der Waals surface area contributed by atoms with E-state index in [1.165, 1.54) is 0 Å². The van der Waals surface area contributed by atoms with E-state index < -0.39 is 31.0 Å². The summed E-state index contributed by atoms with van der Waals surface area (Å²) in [6, 6.07) is 8.22. The summed E-state index contributed by atoms with van der Waals surface area (Å²) in [6.07, 6.45) is -0.862. The molecule has 0 aromatic heterocycles. The first-order valence-corrected chi connectivity index (χ1v) is 5.07. The molecule has 0 spiro atoms. The predicted molar refractivity (Wildman–Crippen MR) is 62.4 cm³/mol. The molecule has 0 saturated carbocycles. The zero-order chi connectivity index (χ0) is 13.5. The molecule has 0 aliphatic carbocycles. The van der Waals surface area contributed by atoms with Crippen molar-refractivity contribution in [1.29, 1.82) is 0 Å². The number of amides is 3. The fourth-order valence-electron chi connectivity index (χ4n) is 1.22. The monoisotopic (exact) mass is 251 g/mol. The third-order valence-corrected chi connectivity index (χ3v) is 1.90. The SMILES string of the molecule is NC(=O)CN(CC(N)=O)C(=O)Oc1ccccc1. The van der Waals surface area contributed by atoms with E-state index in [-0.39, 0.29) is 0 Å². The van der Waals surface area contributed by atoms with Gasteiger partial charge >= 0.3 is 6.09 Å². The number of para-hydroxylation sites is 1. The highest BCUT2D eigenvalue weighted by Crippen LogP contribution is 2.09. The lowest BCUT2D eigenvalue weighted by Crippen LogP contribution is -2.44. The van der Waals surface area contributed by atoms with Gasteiger partial charge in [-0.05, 0) is 12.1 Å². The minimum atomic E-state index is -0.862. The smallest absolute Gasteiger partial charge is 0.410 e. The summed E-state index contributed by atoms with van der Waals surface area (Å²) in [7, 11) is 0. The molecule has 7 heteroatoms. The Morgan fingerprint density at radius 3 is 1.94 bits per heavy atom. The molecular formula is C11H13N3O4. The Hall–Kier alpha value is -2.57. The molecule has 1 rings (SSSR count).